The van der Waals surface area contributed by atoms with Gasteiger partial charge in [-0.3, -0.25) is 4.90 Å². The third-order valence-electron chi connectivity index (χ3n) is 9.19. The number of phenols is 1. The number of methoxy groups -OCH3 is 3. The van der Waals surface area contributed by atoms with Gasteiger partial charge in [-0.05, 0) is 110 Å². The van der Waals surface area contributed by atoms with E-state index in [1.54, 1.807) is 27.4 Å². The number of aromatic hydroxyl groups is 1. The molecule has 0 radical (unpaired) electrons. The molecule has 0 aromatic heterocycles. The fraction of sp³-hybridized carbons (Fsp3) is 0.333. The summed E-state index contributed by atoms with van der Waals surface area (Å²) in [6, 6.07) is 20.1. The van der Waals surface area contributed by atoms with Gasteiger partial charge in [0, 0.05) is 24.2 Å². The second-order valence-corrected chi connectivity index (χ2v) is 11.8. The Kier molecular flexibility index (Phi) is 7.48. The van der Waals surface area contributed by atoms with Gasteiger partial charge in [0.15, 0.2) is 34.5 Å². The molecule has 4 heterocycles. The summed E-state index contributed by atoms with van der Waals surface area (Å²) in [7, 11) is 7.16. The number of benzene rings is 4. The van der Waals surface area contributed by atoms with E-state index in [9.17, 15) is 5.11 Å². The van der Waals surface area contributed by atoms with Crippen molar-refractivity contribution in [2.75, 3.05) is 41.5 Å². The van der Waals surface area contributed by atoms with Gasteiger partial charge in [0.2, 0.25) is 5.75 Å². The smallest absolute Gasteiger partial charge is 0.204 e. The zero-order valence-corrected chi connectivity index (χ0v) is 25.6. The van der Waals surface area contributed by atoms with Crippen molar-refractivity contribution in [2.24, 2.45) is 0 Å². The Bertz CT molecular complexity index is 1700. The molecule has 8 nitrogen and oxygen atoms in total. The molecule has 2 atom stereocenters. The molecule has 4 aliphatic rings. The Morgan fingerprint density at radius 2 is 1.57 bits per heavy atom. The summed E-state index contributed by atoms with van der Waals surface area (Å²) in [6.45, 7) is 1.75. The molecule has 6 bridgehead atoms. The highest BCUT2D eigenvalue weighted by Gasteiger charge is 2.32. The highest BCUT2D eigenvalue weighted by Crippen LogP contribution is 2.50. The fourth-order valence-corrected chi connectivity index (χ4v) is 6.87. The minimum atomic E-state index is -0.0911. The van der Waals surface area contributed by atoms with Crippen LogP contribution >= 0.6 is 0 Å². The summed E-state index contributed by atoms with van der Waals surface area (Å²) in [5, 5.41) is 14.4. The molecule has 4 aromatic carbocycles. The summed E-state index contributed by atoms with van der Waals surface area (Å²) >= 11 is 0. The number of ether oxygens (including phenoxy) is 5. The van der Waals surface area contributed by atoms with E-state index in [2.05, 4.69) is 47.6 Å². The number of fused-ring (bicyclic) bond motifs is 2. The molecule has 228 valence electrons. The van der Waals surface area contributed by atoms with Crippen molar-refractivity contribution in [3.05, 3.63) is 94.0 Å². The topological polar surface area (TPSA) is 81.7 Å². The molecule has 0 saturated carbocycles. The van der Waals surface area contributed by atoms with Crippen molar-refractivity contribution in [3.8, 4) is 46.0 Å². The summed E-state index contributed by atoms with van der Waals surface area (Å²) in [6.07, 6.45) is 3.20. The highest BCUT2D eigenvalue weighted by atomic mass is 16.5. The molecule has 44 heavy (non-hydrogen) atoms. The number of hydrogen-bond acceptors (Lipinski definition) is 8. The third-order valence-corrected chi connectivity index (χ3v) is 9.19. The monoisotopic (exact) mass is 594 g/mol. The van der Waals surface area contributed by atoms with Crippen molar-refractivity contribution in [2.45, 2.75) is 37.8 Å². The molecular formula is C36H38N2O6. The lowest BCUT2D eigenvalue weighted by molar-refractivity contribution is 0.228. The summed E-state index contributed by atoms with van der Waals surface area (Å²) in [5.74, 6) is 4.31. The van der Waals surface area contributed by atoms with E-state index in [0.29, 0.717) is 46.7 Å². The van der Waals surface area contributed by atoms with Gasteiger partial charge < -0.3 is 34.1 Å². The normalized spacial score (nSPS) is 19.1. The van der Waals surface area contributed by atoms with E-state index >= 15 is 0 Å². The van der Waals surface area contributed by atoms with Gasteiger partial charge in [0.05, 0.1) is 21.3 Å². The van der Waals surface area contributed by atoms with E-state index < -0.39 is 0 Å². The molecule has 0 amide bonds. The quantitative estimate of drug-likeness (QED) is 0.278. The Morgan fingerprint density at radius 1 is 0.795 bits per heavy atom. The molecule has 8 rings (SSSR count). The van der Waals surface area contributed by atoms with Crippen LogP contribution in [0.15, 0.2) is 60.7 Å². The van der Waals surface area contributed by atoms with E-state index in [0.717, 1.165) is 49.0 Å². The Labute approximate surface area is 258 Å². The van der Waals surface area contributed by atoms with Crippen LogP contribution in [0.4, 0.5) is 0 Å². The maximum absolute atomic E-state index is 10.7. The van der Waals surface area contributed by atoms with Crippen LogP contribution in [-0.4, -0.2) is 51.5 Å². The Hall–Kier alpha value is -4.40. The summed E-state index contributed by atoms with van der Waals surface area (Å²) in [4.78, 5) is 2.40. The fourth-order valence-electron chi connectivity index (χ4n) is 6.87. The molecule has 2 unspecified atom stereocenters. The van der Waals surface area contributed by atoms with E-state index in [1.165, 1.54) is 16.7 Å². The van der Waals surface area contributed by atoms with Crippen LogP contribution in [0.2, 0.25) is 0 Å². The maximum Gasteiger partial charge on any atom is 0.204 e. The SMILES string of the molecule is COc1cc2c3cc1Oc1c(OC)c(OC)cc4c1C(Cc1ccc(O)c(c1)Oc1ccc(cc1)CC3N(C)CC2)NCC4. The Morgan fingerprint density at radius 3 is 2.34 bits per heavy atom. The van der Waals surface area contributed by atoms with E-state index in [-0.39, 0.29) is 17.8 Å². The van der Waals surface area contributed by atoms with Crippen molar-refractivity contribution in [3.63, 3.8) is 0 Å². The lowest BCUT2D eigenvalue weighted by atomic mass is 9.88. The molecule has 4 aromatic rings. The van der Waals surface area contributed by atoms with Crippen LogP contribution in [0.3, 0.4) is 0 Å². The van der Waals surface area contributed by atoms with Crippen molar-refractivity contribution in [1.29, 1.82) is 0 Å². The van der Waals surface area contributed by atoms with E-state index in [4.69, 9.17) is 23.7 Å². The van der Waals surface area contributed by atoms with Crippen molar-refractivity contribution in [1.82, 2.24) is 10.2 Å². The second kappa shape index (κ2) is 11.6. The first-order valence-electron chi connectivity index (χ1n) is 15.1. The lowest BCUT2D eigenvalue weighted by Gasteiger charge is -2.36. The number of nitrogens with one attached hydrogen (secondary N) is 1. The zero-order valence-electron chi connectivity index (χ0n) is 25.6. The number of likely N-dealkylation sites (N-methyl/N-ethyl adjacent to an activating group) is 1. The molecule has 0 spiro atoms. The lowest BCUT2D eigenvalue weighted by Crippen LogP contribution is -2.33. The largest absolute Gasteiger partial charge is 0.504 e. The van der Waals surface area contributed by atoms with Gasteiger partial charge in [-0.2, -0.15) is 0 Å². The number of rotatable bonds is 3. The molecular weight excluding hydrogens is 556 g/mol. The average molecular weight is 595 g/mol. The van der Waals surface area contributed by atoms with Crippen molar-refractivity contribution >= 4 is 0 Å². The Balaban J connectivity index is 1.45. The van der Waals surface area contributed by atoms with Crippen LogP contribution < -0.4 is 29.0 Å². The number of phenolic OH excluding ortho intramolecular Hbond substituents is 1. The van der Waals surface area contributed by atoms with Crippen LogP contribution in [-0.2, 0) is 25.7 Å². The first-order valence-corrected chi connectivity index (χ1v) is 15.1. The molecule has 8 heteroatoms. The number of nitrogens with zero attached hydrogens (tertiary/aromatic N) is 1. The maximum atomic E-state index is 10.7. The van der Waals surface area contributed by atoms with E-state index in [1.807, 2.05) is 24.3 Å². The summed E-state index contributed by atoms with van der Waals surface area (Å²) < 4.78 is 30.8. The van der Waals surface area contributed by atoms with Gasteiger partial charge in [-0.15, -0.1) is 0 Å². The van der Waals surface area contributed by atoms with Gasteiger partial charge in [-0.25, -0.2) is 0 Å². The van der Waals surface area contributed by atoms with Crippen LogP contribution in [0, 0.1) is 0 Å². The first kappa shape index (κ1) is 28.4. The summed E-state index contributed by atoms with van der Waals surface area (Å²) in [5.41, 5.74) is 6.85. The molecule has 0 fully saturated rings. The predicted octanol–water partition coefficient (Wildman–Crippen LogP) is 6.52. The minimum Gasteiger partial charge on any atom is -0.504 e. The highest BCUT2D eigenvalue weighted by molar-refractivity contribution is 5.63. The van der Waals surface area contributed by atoms with Gasteiger partial charge in [0.25, 0.3) is 0 Å². The van der Waals surface area contributed by atoms with Gasteiger partial charge in [-0.1, -0.05) is 18.2 Å². The predicted molar refractivity (Wildman–Crippen MR) is 168 cm³/mol. The second-order valence-electron chi connectivity index (χ2n) is 11.8. The molecule has 4 aliphatic heterocycles. The molecule has 0 aliphatic carbocycles. The zero-order chi connectivity index (χ0) is 30.4. The number of hydrogen-bond donors (Lipinski definition) is 2. The standard InChI is InChI=1S/C36H38N2O6/c1-38-14-12-23-18-31(40-2)32-20-26(23)28(38)16-21-5-8-25(9-6-21)43-30-17-22(7-10-29(30)39)15-27-34-24(11-13-37-27)19-33(41-3)35(42-4)36(34)44-32/h5-10,17-20,27-28,37,39H,11-16H2,1-4H3. The van der Waals surface area contributed by atoms with Gasteiger partial charge >= 0.3 is 0 Å². The average Bonchev–Trinajstić information content (AvgIpc) is 3.04. The molecule has 0 saturated heterocycles. The van der Waals surface area contributed by atoms with Crippen LogP contribution in [0.1, 0.15) is 45.5 Å². The molecule has 2 N–H and O–H groups in total. The minimum absolute atomic E-state index is 0.0911. The first-order chi connectivity index (χ1) is 21.4. The third kappa shape index (κ3) is 5.08. The van der Waals surface area contributed by atoms with Crippen molar-refractivity contribution < 1.29 is 28.8 Å². The van der Waals surface area contributed by atoms with Crippen LogP contribution in [0.5, 0.6) is 46.0 Å². The van der Waals surface area contributed by atoms with Crippen LogP contribution in [0.25, 0.3) is 0 Å². The van der Waals surface area contributed by atoms with Gasteiger partial charge in [0.1, 0.15) is 5.75 Å².